The smallest absolute Gasteiger partial charge is 0.313 e. The highest BCUT2D eigenvalue weighted by atomic mass is 32.2. The summed E-state index contributed by atoms with van der Waals surface area (Å²) in [4.78, 5) is 10.6. The molecule has 0 spiro atoms. The molecule has 1 aromatic rings. The Labute approximate surface area is 110 Å². The molecule has 0 bridgehead atoms. The molecule has 1 aromatic heterocycles. The summed E-state index contributed by atoms with van der Waals surface area (Å²) in [5, 5.41) is 20.9. The van der Waals surface area contributed by atoms with Crippen LogP contribution in [-0.2, 0) is 4.79 Å². The van der Waals surface area contributed by atoms with Gasteiger partial charge in [0.15, 0.2) is 0 Å². The van der Waals surface area contributed by atoms with E-state index in [4.69, 9.17) is 5.11 Å². The van der Waals surface area contributed by atoms with Gasteiger partial charge in [-0.2, -0.15) is 0 Å². The van der Waals surface area contributed by atoms with Crippen molar-refractivity contribution in [1.82, 2.24) is 20.2 Å². The Kier molecular flexibility index (Phi) is 4.57. The van der Waals surface area contributed by atoms with E-state index >= 15 is 0 Å². The van der Waals surface area contributed by atoms with E-state index in [-0.39, 0.29) is 5.75 Å². The number of rotatable bonds is 5. The molecule has 0 amide bonds. The lowest BCUT2D eigenvalue weighted by atomic mass is 9.85. The lowest BCUT2D eigenvalue weighted by Gasteiger charge is -2.27. The number of thioether (sulfide) groups is 1. The van der Waals surface area contributed by atoms with Gasteiger partial charge in [-0.15, -0.1) is 5.10 Å². The molecule has 1 fully saturated rings. The van der Waals surface area contributed by atoms with Gasteiger partial charge < -0.3 is 5.11 Å². The molecule has 100 valence electrons. The van der Waals surface area contributed by atoms with Gasteiger partial charge in [0.25, 0.3) is 0 Å². The first-order chi connectivity index (χ1) is 8.70. The van der Waals surface area contributed by atoms with Crippen molar-refractivity contribution in [3.05, 3.63) is 0 Å². The van der Waals surface area contributed by atoms with Gasteiger partial charge in [-0.05, 0) is 42.0 Å². The minimum absolute atomic E-state index is 0.00464. The van der Waals surface area contributed by atoms with Crippen molar-refractivity contribution in [2.24, 2.45) is 5.92 Å². The summed E-state index contributed by atoms with van der Waals surface area (Å²) >= 11 is 1.19. The molecule has 1 N–H and O–H groups in total. The largest absolute Gasteiger partial charge is 0.481 e. The summed E-state index contributed by atoms with van der Waals surface area (Å²) in [5.74, 6) is -0.0119. The Balaban J connectivity index is 1.96. The zero-order valence-electron chi connectivity index (χ0n) is 10.4. The van der Waals surface area contributed by atoms with Gasteiger partial charge in [0.1, 0.15) is 0 Å². The monoisotopic (exact) mass is 270 g/mol. The second kappa shape index (κ2) is 6.17. The lowest BCUT2D eigenvalue weighted by molar-refractivity contribution is -0.133. The van der Waals surface area contributed by atoms with Crippen molar-refractivity contribution >= 4 is 17.7 Å². The maximum absolute atomic E-state index is 10.6. The van der Waals surface area contributed by atoms with E-state index in [0.717, 1.165) is 18.8 Å². The predicted molar refractivity (Wildman–Crippen MR) is 67.5 cm³/mol. The van der Waals surface area contributed by atoms with Gasteiger partial charge >= 0.3 is 5.97 Å². The summed E-state index contributed by atoms with van der Waals surface area (Å²) in [5.41, 5.74) is 0. The maximum Gasteiger partial charge on any atom is 0.313 e. The molecule has 1 heterocycles. The van der Waals surface area contributed by atoms with Crippen molar-refractivity contribution < 1.29 is 9.90 Å². The average Bonchev–Trinajstić information content (AvgIpc) is 2.85. The number of aliphatic carboxylic acids is 1. The third-order valence-electron chi connectivity index (χ3n) is 3.53. The maximum atomic E-state index is 10.6. The van der Waals surface area contributed by atoms with Crippen LogP contribution in [0, 0.1) is 5.92 Å². The molecular formula is C11H18N4O2S. The number of carbonyl (C=O) groups is 1. The van der Waals surface area contributed by atoms with Gasteiger partial charge in [0, 0.05) is 0 Å². The van der Waals surface area contributed by atoms with Crippen LogP contribution in [0.15, 0.2) is 5.16 Å². The highest BCUT2D eigenvalue weighted by Gasteiger charge is 2.24. The summed E-state index contributed by atoms with van der Waals surface area (Å²) in [6.45, 7) is 2.23. The molecule has 0 aromatic carbocycles. The van der Waals surface area contributed by atoms with E-state index in [1.807, 2.05) is 0 Å². The molecule has 0 unspecified atom stereocenters. The van der Waals surface area contributed by atoms with Crippen LogP contribution in [0.2, 0.25) is 0 Å². The second-order valence-corrected chi connectivity index (χ2v) is 5.61. The number of hydrogen-bond donors (Lipinski definition) is 1. The Bertz CT molecular complexity index is 402. The van der Waals surface area contributed by atoms with Crippen LogP contribution in [0.3, 0.4) is 0 Å². The van der Waals surface area contributed by atoms with Crippen molar-refractivity contribution in [3.63, 3.8) is 0 Å². The van der Waals surface area contributed by atoms with Gasteiger partial charge in [-0.25, -0.2) is 4.68 Å². The predicted octanol–water partition coefficient (Wildman–Crippen LogP) is 1.99. The SMILES string of the molecule is CCC1CCC(n2nnnc2SCC(=O)O)CC1. The zero-order valence-corrected chi connectivity index (χ0v) is 11.3. The van der Waals surface area contributed by atoms with Crippen LogP contribution in [-0.4, -0.2) is 37.0 Å². The Morgan fingerprint density at radius 2 is 2.17 bits per heavy atom. The zero-order chi connectivity index (χ0) is 13.0. The topological polar surface area (TPSA) is 80.9 Å². The fourth-order valence-corrected chi connectivity index (χ4v) is 3.10. The fraction of sp³-hybridized carbons (Fsp3) is 0.818. The Hall–Kier alpha value is -1.11. The third-order valence-corrected chi connectivity index (χ3v) is 4.45. The molecular weight excluding hydrogens is 252 g/mol. The van der Waals surface area contributed by atoms with Crippen molar-refractivity contribution in [3.8, 4) is 0 Å². The van der Waals surface area contributed by atoms with Crippen LogP contribution in [0.4, 0.5) is 0 Å². The minimum atomic E-state index is -0.843. The second-order valence-electron chi connectivity index (χ2n) is 4.67. The van der Waals surface area contributed by atoms with Gasteiger partial charge in [-0.3, -0.25) is 4.79 Å². The number of tetrazole rings is 1. The summed E-state index contributed by atoms with van der Waals surface area (Å²) < 4.78 is 1.81. The van der Waals surface area contributed by atoms with Crippen molar-refractivity contribution in [2.45, 2.75) is 50.2 Å². The number of nitrogens with zero attached hydrogens (tertiary/aromatic N) is 4. The molecule has 1 saturated carbocycles. The normalized spacial score (nSPS) is 24.1. The van der Waals surface area contributed by atoms with E-state index in [1.165, 1.54) is 31.0 Å². The van der Waals surface area contributed by atoms with Crippen molar-refractivity contribution in [2.75, 3.05) is 5.75 Å². The van der Waals surface area contributed by atoms with Gasteiger partial charge in [0.05, 0.1) is 11.8 Å². The number of aromatic nitrogens is 4. The summed E-state index contributed by atoms with van der Waals surface area (Å²) in [6, 6.07) is 0.332. The molecule has 0 saturated heterocycles. The van der Waals surface area contributed by atoms with E-state index in [1.54, 1.807) is 4.68 Å². The number of carboxylic acid groups (broad SMARTS) is 1. The molecule has 7 heteroatoms. The molecule has 0 atom stereocenters. The minimum Gasteiger partial charge on any atom is -0.481 e. The number of hydrogen-bond acceptors (Lipinski definition) is 5. The highest BCUT2D eigenvalue weighted by Crippen LogP contribution is 2.34. The quantitative estimate of drug-likeness (QED) is 0.824. The molecule has 2 rings (SSSR count). The lowest BCUT2D eigenvalue weighted by Crippen LogP contribution is -2.19. The van der Waals surface area contributed by atoms with Crippen LogP contribution in [0.25, 0.3) is 0 Å². The summed E-state index contributed by atoms with van der Waals surface area (Å²) in [7, 11) is 0. The van der Waals surface area contributed by atoms with Crippen LogP contribution in [0.1, 0.15) is 45.1 Å². The standard InChI is InChI=1S/C11H18N4O2S/c1-2-8-3-5-9(6-4-8)15-11(12-13-14-15)18-7-10(16)17/h8-9H,2-7H2,1H3,(H,16,17). The van der Waals surface area contributed by atoms with E-state index < -0.39 is 5.97 Å². The first kappa shape index (κ1) is 13.3. The highest BCUT2D eigenvalue weighted by molar-refractivity contribution is 7.99. The molecule has 1 aliphatic rings. The molecule has 0 radical (unpaired) electrons. The molecule has 0 aliphatic heterocycles. The number of carboxylic acids is 1. The van der Waals surface area contributed by atoms with E-state index in [9.17, 15) is 4.79 Å². The van der Waals surface area contributed by atoms with Gasteiger partial charge in [0.2, 0.25) is 5.16 Å². The van der Waals surface area contributed by atoms with Gasteiger partial charge in [-0.1, -0.05) is 25.1 Å². The van der Waals surface area contributed by atoms with E-state index in [2.05, 4.69) is 22.4 Å². The van der Waals surface area contributed by atoms with Crippen LogP contribution >= 0.6 is 11.8 Å². The molecule has 18 heavy (non-hydrogen) atoms. The van der Waals surface area contributed by atoms with Crippen molar-refractivity contribution in [1.29, 1.82) is 0 Å². The molecule has 6 nitrogen and oxygen atoms in total. The first-order valence-corrected chi connectivity index (χ1v) is 7.31. The van der Waals surface area contributed by atoms with Crippen LogP contribution in [0.5, 0.6) is 0 Å². The Morgan fingerprint density at radius 3 is 2.78 bits per heavy atom. The molecule has 1 aliphatic carbocycles. The fourth-order valence-electron chi connectivity index (χ4n) is 2.43. The third kappa shape index (κ3) is 3.22. The van der Waals surface area contributed by atoms with Crippen LogP contribution < -0.4 is 0 Å². The van der Waals surface area contributed by atoms with E-state index in [0.29, 0.717) is 11.2 Å². The summed E-state index contributed by atoms with van der Waals surface area (Å²) in [6.07, 6.45) is 5.84. The first-order valence-electron chi connectivity index (χ1n) is 6.33. The Morgan fingerprint density at radius 1 is 1.44 bits per heavy atom. The average molecular weight is 270 g/mol.